The van der Waals surface area contributed by atoms with Crippen molar-refractivity contribution in [3.05, 3.63) is 94.7 Å². The minimum absolute atomic E-state index is 0.0572. The number of carbonyl (C=O) groups is 2. The first-order valence-corrected chi connectivity index (χ1v) is 9.22. The summed E-state index contributed by atoms with van der Waals surface area (Å²) in [6.45, 7) is 0. The van der Waals surface area contributed by atoms with E-state index in [0.29, 0.717) is 38.6 Å². The van der Waals surface area contributed by atoms with Crippen molar-refractivity contribution in [1.29, 1.82) is 0 Å². The van der Waals surface area contributed by atoms with Crippen LogP contribution in [0.5, 0.6) is 5.75 Å². The van der Waals surface area contributed by atoms with Crippen LogP contribution in [0.2, 0.25) is 5.02 Å². The van der Waals surface area contributed by atoms with Crippen molar-refractivity contribution in [3.8, 4) is 5.75 Å². The largest absolute Gasteiger partial charge is 0.497 e. The predicted molar refractivity (Wildman–Crippen MR) is 112 cm³/mol. The molecule has 0 spiro atoms. The van der Waals surface area contributed by atoms with Crippen LogP contribution in [0.15, 0.2) is 77.2 Å². The van der Waals surface area contributed by atoms with Crippen LogP contribution in [-0.4, -0.2) is 18.8 Å². The summed E-state index contributed by atoms with van der Waals surface area (Å²) in [6.07, 6.45) is 0. The summed E-state index contributed by atoms with van der Waals surface area (Å²) in [5.41, 5.74) is 1.64. The molecule has 6 heteroatoms. The predicted octanol–water partition coefficient (Wildman–Crippen LogP) is 5.58. The number of benzene rings is 3. The number of hydrogen-bond donors (Lipinski definition) is 1. The molecule has 1 amide bonds. The fraction of sp³-hybridized carbons (Fsp3) is 0.0435. The molecule has 0 aliphatic heterocycles. The highest BCUT2D eigenvalue weighted by Gasteiger charge is 2.24. The number of amides is 1. The Morgan fingerprint density at radius 1 is 0.931 bits per heavy atom. The third kappa shape index (κ3) is 3.73. The number of furan rings is 1. The van der Waals surface area contributed by atoms with Gasteiger partial charge in [0.1, 0.15) is 11.3 Å². The van der Waals surface area contributed by atoms with Gasteiger partial charge in [0.2, 0.25) is 5.78 Å². The van der Waals surface area contributed by atoms with Crippen molar-refractivity contribution < 1.29 is 18.7 Å². The number of halogens is 1. The lowest BCUT2D eigenvalue weighted by Crippen LogP contribution is -2.14. The van der Waals surface area contributed by atoms with E-state index in [9.17, 15) is 9.59 Å². The lowest BCUT2D eigenvalue weighted by Gasteiger charge is -2.07. The van der Waals surface area contributed by atoms with Crippen molar-refractivity contribution in [2.75, 3.05) is 12.4 Å². The molecule has 1 N–H and O–H groups in total. The molecular weight excluding hydrogens is 390 g/mol. The summed E-state index contributed by atoms with van der Waals surface area (Å²) in [7, 11) is 1.53. The van der Waals surface area contributed by atoms with Crippen LogP contribution >= 0.6 is 11.6 Å². The third-order valence-corrected chi connectivity index (χ3v) is 4.73. The highest BCUT2D eigenvalue weighted by molar-refractivity contribution is 6.30. The normalized spacial score (nSPS) is 10.7. The molecule has 0 saturated carbocycles. The van der Waals surface area contributed by atoms with E-state index < -0.39 is 0 Å². The molecule has 0 bridgehead atoms. The van der Waals surface area contributed by atoms with Crippen molar-refractivity contribution in [2.45, 2.75) is 0 Å². The topological polar surface area (TPSA) is 68.5 Å². The first-order chi connectivity index (χ1) is 14.1. The maximum absolute atomic E-state index is 13.1. The fourth-order valence-corrected chi connectivity index (χ4v) is 3.14. The van der Waals surface area contributed by atoms with Gasteiger partial charge in [0.25, 0.3) is 5.91 Å². The van der Waals surface area contributed by atoms with Gasteiger partial charge in [-0.15, -0.1) is 0 Å². The Hall–Kier alpha value is -3.57. The third-order valence-electron chi connectivity index (χ3n) is 4.48. The highest BCUT2D eigenvalue weighted by atomic mass is 35.5. The minimum Gasteiger partial charge on any atom is -0.497 e. The zero-order valence-electron chi connectivity index (χ0n) is 15.4. The van der Waals surface area contributed by atoms with Crippen LogP contribution in [0.3, 0.4) is 0 Å². The Balaban J connectivity index is 1.77. The smallest absolute Gasteiger partial charge is 0.255 e. The van der Waals surface area contributed by atoms with E-state index in [1.807, 2.05) is 6.07 Å². The molecule has 0 atom stereocenters. The van der Waals surface area contributed by atoms with E-state index in [1.54, 1.807) is 66.7 Å². The van der Waals surface area contributed by atoms with E-state index in [-0.39, 0.29) is 17.5 Å². The van der Waals surface area contributed by atoms with E-state index in [4.69, 9.17) is 20.8 Å². The van der Waals surface area contributed by atoms with Gasteiger partial charge in [-0.25, -0.2) is 0 Å². The molecule has 0 aliphatic rings. The summed E-state index contributed by atoms with van der Waals surface area (Å²) >= 11 is 5.89. The van der Waals surface area contributed by atoms with Crippen LogP contribution in [0.25, 0.3) is 11.0 Å². The monoisotopic (exact) mass is 405 g/mol. The molecule has 0 saturated heterocycles. The maximum atomic E-state index is 13.1. The lowest BCUT2D eigenvalue weighted by atomic mass is 10.1. The number of ketones is 1. The van der Waals surface area contributed by atoms with E-state index in [1.165, 1.54) is 7.11 Å². The molecule has 1 aromatic heterocycles. The molecule has 0 fully saturated rings. The SMILES string of the molecule is COc1cccc(C(=O)c2oc3ccccc3c2NC(=O)c2ccc(Cl)cc2)c1. The van der Waals surface area contributed by atoms with Crippen LogP contribution in [0.1, 0.15) is 26.5 Å². The molecule has 0 aliphatic carbocycles. The number of nitrogens with one attached hydrogen (secondary N) is 1. The lowest BCUT2D eigenvalue weighted by molar-refractivity contribution is 0.101. The quantitative estimate of drug-likeness (QED) is 0.440. The zero-order chi connectivity index (χ0) is 20.4. The molecule has 0 unspecified atom stereocenters. The zero-order valence-corrected chi connectivity index (χ0v) is 16.2. The molecule has 3 aromatic carbocycles. The Kier molecular flexibility index (Phi) is 5.06. The average molecular weight is 406 g/mol. The highest BCUT2D eigenvalue weighted by Crippen LogP contribution is 2.33. The number of rotatable bonds is 5. The van der Waals surface area contributed by atoms with Gasteiger partial charge in [0, 0.05) is 21.5 Å². The number of methoxy groups -OCH3 is 1. The van der Waals surface area contributed by atoms with Gasteiger partial charge in [-0.2, -0.15) is 0 Å². The van der Waals surface area contributed by atoms with Gasteiger partial charge in [-0.3, -0.25) is 9.59 Å². The second-order valence-corrected chi connectivity index (χ2v) is 6.76. The number of fused-ring (bicyclic) bond motifs is 1. The second kappa shape index (κ2) is 7.81. The Morgan fingerprint density at radius 3 is 2.45 bits per heavy atom. The minimum atomic E-state index is -0.368. The summed E-state index contributed by atoms with van der Waals surface area (Å²) in [6, 6.07) is 20.4. The van der Waals surface area contributed by atoms with E-state index in [2.05, 4.69) is 5.32 Å². The first kappa shape index (κ1) is 18.8. The molecule has 5 nitrogen and oxygen atoms in total. The molecular formula is C23H16ClNO4. The van der Waals surface area contributed by atoms with E-state index >= 15 is 0 Å². The summed E-state index contributed by atoms with van der Waals surface area (Å²) in [5.74, 6) is -0.111. The Bertz CT molecular complexity index is 1210. The molecule has 144 valence electrons. The Morgan fingerprint density at radius 2 is 1.69 bits per heavy atom. The van der Waals surface area contributed by atoms with Gasteiger partial charge in [-0.05, 0) is 48.5 Å². The molecule has 29 heavy (non-hydrogen) atoms. The number of ether oxygens (including phenoxy) is 1. The standard InChI is InChI=1S/C23H16ClNO4/c1-28-17-6-4-5-15(13-17)21(26)22-20(18-7-2-3-8-19(18)29-22)25-23(27)14-9-11-16(24)12-10-14/h2-13H,1H3,(H,25,27). The number of hydrogen-bond acceptors (Lipinski definition) is 4. The van der Waals surface area contributed by atoms with E-state index in [0.717, 1.165) is 0 Å². The first-order valence-electron chi connectivity index (χ1n) is 8.84. The van der Waals surface area contributed by atoms with Crippen molar-refractivity contribution >= 4 is 39.9 Å². The van der Waals surface area contributed by atoms with Crippen LogP contribution < -0.4 is 10.1 Å². The summed E-state index contributed by atoms with van der Waals surface area (Å²) in [4.78, 5) is 25.9. The molecule has 4 rings (SSSR count). The fourth-order valence-electron chi connectivity index (χ4n) is 3.01. The van der Waals surface area contributed by atoms with Gasteiger partial charge in [-0.1, -0.05) is 35.9 Å². The van der Waals surface area contributed by atoms with Gasteiger partial charge in [0.05, 0.1) is 12.8 Å². The number of para-hydroxylation sites is 1. The summed E-state index contributed by atoms with van der Waals surface area (Å²) in [5, 5.41) is 3.99. The number of carbonyl (C=O) groups excluding carboxylic acids is 2. The second-order valence-electron chi connectivity index (χ2n) is 6.32. The molecule has 0 radical (unpaired) electrons. The van der Waals surface area contributed by atoms with Crippen molar-refractivity contribution in [1.82, 2.24) is 0 Å². The van der Waals surface area contributed by atoms with Gasteiger partial charge in [0.15, 0.2) is 5.76 Å². The average Bonchev–Trinajstić information content (AvgIpc) is 3.12. The summed E-state index contributed by atoms with van der Waals surface area (Å²) < 4.78 is 11.0. The van der Waals surface area contributed by atoms with Crippen LogP contribution in [-0.2, 0) is 0 Å². The Labute approximate surface area is 171 Å². The van der Waals surface area contributed by atoms with Crippen molar-refractivity contribution in [2.24, 2.45) is 0 Å². The van der Waals surface area contributed by atoms with Crippen LogP contribution in [0.4, 0.5) is 5.69 Å². The maximum Gasteiger partial charge on any atom is 0.255 e. The van der Waals surface area contributed by atoms with Crippen LogP contribution in [0, 0.1) is 0 Å². The van der Waals surface area contributed by atoms with Gasteiger partial charge < -0.3 is 14.5 Å². The van der Waals surface area contributed by atoms with Gasteiger partial charge >= 0.3 is 0 Å². The number of anilines is 1. The molecule has 1 heterocycles. The van der Waals surface area contributed by atoms with Crippen molar-refractivity contribution in [3.63, 3.8) is 0 Å². The molecule has 4 aromatic rings.